The quantitative estimate of drug-likeness (QED) is 0.624. The van der Waals surface area contributed by atoms with Crippen LogP contribution >= 0.6 is 0 Å². The van der Waals surface area contributed by atoms with Gasteiger partial charge in [-0.2, -0.15) is 0 Å². The molecular weight excluding hydrogens is 178 g/mol. The number of para-hydroxylation sites is 2. The van der Waals surface area contributed by atoms with Gasteiger partial charge in [0.15, 0.2) is 0 Å². The maximum absolute atomic E-state index is 11.7. The molecule has 0 saturated heterocycles. The van der Waals surface area contributed by atoms with Gasteiger partial charge in [0.25, 0.3) is 0 Å². The first-order valence-electron chi connectivity index (χ1n) is 4.56. The highest BCUT2D eigenvalue weighted by Crippen LogP contribution is 2.26. The van der Waals surface area contributed by atoms with E-state index in [4.69, 9.17) is 5.73 Å². The number of carbonyl (C=O) groups is 1. The number of carbonyl (C=O) groups excluding carboxylic acids is 1. The first-order valence-corrected chi connectivity index (χ1v) is 4.56. The first-order chi connectivity index (χ1) is 6.70. The molecule has 74 valence electrons. The van der Waals surface area contributed by atoms with Gasteiger partial charge in [0, 0.05) is 13.6 Å². The summed E-state index contributed by atoms with van der Waals surface area (Å²) in [6.07, 6.45) is 0. The first kappa shape index (κ1) is 9.02. The van der Waals surface area contributed by atoms with Gasteiger partial charge in [-0.3, -0.25) is 4.79 Å². The second-order valence-corrected chi connectivity index (χ2v) is 3.40. The van der Waals surface area contributed by atoms with Crippen LogP contribution in [0, 0.1) is 0 Å². The van der Waals surface area contributed by atoms with Crippen molar-refractivity contribution in [1.82, 2.24) is 0 Å². The minimum atomic E-state index is -0.465. The van der Waals surface area contributed by atoms with Crippen LogP contribution in [0.4, 0.5) is 11.4 Å². The number of benzene rings is 1. The molecule has 2 rings (SSSR count). The zero-order valence-electron chi connectivity index (χ0n) is 8.03. The van der Waals surface area contributed by atoms with Crippen molar-refractivity contribution < 1.29 is 4.79 Å². The van der Waals surface area contributed by atoms with Crippen LogP contribution in [0.5, 0.6) is 0 Å². The molecule has 0 spiro atoms. The molecule has 0 radical (unpaired) electrons. The topological polar surface area (TPSA) is 58.4 Å². The van der Waals surface area contributed by atoms with Gasteiger partial charge in [-0.1, -0.05) is 12.1 Å². The van der Waals surface area contributed by atoms with E-state index in [1.807, 2.05) is 24.3 Å². The Morgan fingerprint density at radius 2 is 2.21 bits per heavy atom. The molecule has 4 nitrogen and oxygen atoms in total. The largest absolute Gasteiger partial charge is 0.381 e. The van der Waals surface area contributed by atoms with E-state index in [1.165, 1.54) is 0 Å². The number of hydrogen-bond donors (Lipinski definition) is 2. The molecule has 14 heavy (non-hydrogen) atoms. The Labute approximate surface area is 82.7 Å². The molecule has 1 unspecified atom stereocenters. The molecule has 1 heterocycles. The Kier molecular flexibility index (Phi) is 2.13. The molecule has 1 aromatic carbocycles. The van der Waals surface area contributed by atoms with E-state index in [0.29, 0.717) is 6.54 Å². The highest BCUT2D eigenvalue weighted by molar-refractivity contribution is 6.01. The van der Waals surface area contributed by atoms with E-state index in [1.54, 1.807) is 11.9 Å². The fourth-order valence-electron chi connectivity index (χ4n) is 1.59. The van der Waals surface area contributed by atoms with Gasteiger partial charge in [-0.15, -0.1) is 0 Å². The number of nitrogens with one attached hydrogen (secondary N) is 1. The van der Waals surface area contributed by atoms with Crippen molar-refractivity contribution in [2.45, 2.75) is 6.04 Å². The van der Waals surface area contributed by atoms with Gasteiger partial charge in [-0.05, 0) is 12.1 Å². The van der Waals surface area contributed by atoms with Gasteiger partial charge in [-0.25, -0.2) is 0 Å². The molecule has 0 saturated carbocycles. The van der Waals surface area contributed by atoms with E-state index in [-0.39, 0.29) is 5.91 Å². The summed E-state index contributed by atoms with van der Waals surface area (Å²) in [6.45, 7) is 0.486. The average molecular weight is 191 g/mol. The monoisotopic (exact) mass is 191 g/mol. The molecule has 1 aromatic rings. The summed E-state index contributed by atoms with van der Waals surface area (Å²) in [5, 5.41) is 3.15. The average Bonchev–Trinajstić information content (AvgIpc) is 2.32. The van der Waals surface area contributed by atoms with Crippen LogP contribution in [-0.4, -0.2) is 25.5 Å². The summed E-state index contributed by atoms with van der Waals surface area (Å²) < 4.78 is 0. The summed E-state index contributed by atoms with van der Waals surface area (Å²) in [5.41, 5.74) is 7.53. The van der Waals surface area contributed by atoms with E-state index in [0.717, 1.165) is 11.4 Å². The number of nitrogens with two attached hydrogens (primary N) is 1. The summed E-state index contributed by atoms with van der Waals surface area (Å²) in [4.78, 5) is 13.3. The third-order valence-corrected chi connectivity index (χ3v) is 2.43. The van der Waals surface area contributed by atoms with Crippen molar-refractivity contribution in [2.75, 3.05) is 23.8 Å². The fraction of sp³-hybridized carbons (Fsp3) is 0.300. The molecule has 1 amide bonds. The Bertz CT molecular complexity index is 364. The van der Waals surface area contributed by atoms with Crippen molar-refractivity contribution in [3.8, 4) is 0 Å². The number of hydrogen-bond acceptors (Lipinski definition) is 3. The van der Waals surface area contributed by atoms with Crippen molar-refractivity contribution in [3.63, 3.8) is 0 Å². The zero-order chi connectivity index (χ0) is 10.1. The molecule has 0 aliphatic carbocycles. The van der Waals surface area contributed by atoms with Crippen LogP contribution in [-0.2, 0) is 4.79 Å². The summed E-state index contributed by atoms with van der Waals surface area (Å²) >= 11 is 0. The third-order valence-electron chi connectivity index (χ3n) is 2.43. The number of likely N-dealkylation sites (N-methyl/N-ethyl adjacent to an activating group) is 1. The maximum Gasteiger partial charge on any atom is 0.245 e. The highest BCUT2D eigenvalue weighted by Gasteiger charge is 2.24. The van der Waals surface area contributed by atoms with Crippen molar-refractivity contribution in [1.29, 1.82) is 0 Å². The lowest BCUT2D eigenvalue weighted by atomic mass is 10.2. The predicted molar refractivity (Wildman–Crippen MR) is 56.3 cm³/mol. The molecule has 3 N–H and O–H groups in total. The van der Waals surface area contributed by atoms with Gasteiger partial charge in [0.05, 0.1) is 11.4 Å². The van der Waals surface area contributed by atoms with E-state index < -0.39 is 6.04 Å². The SMILES string of the molecule is CN1C(=O)C(N)CNc2ccccc21. The zero-order valence-corrected chi connectivity index (χ0v) is 8.03. The Morgan fingerprint density at radius 1 is 1.50 bits per heavy atom. The molecule has 0 bridgehead atoms. The van der Waals surface area contributed by atoms with Crippen LogP contribution < -0.4 is 16.0 Å². The van der Waals surface area contributed by atoms with Crippen LogP contribution in [0.1, 0.15) is 0 Å². The highest BCUT2D eigenvalue weighted by atomic mass is 16.2. The predicted octanol–water partition coefficient (Wildman–Crippen LogP) is 0.402. The molecule has 1 aliphatic rings. The van der Waals surface area contributed by atoms with Gasteiger partial charge >= 0.3 is 0 Å². The van der Waals surface area contributed by atoms with Crippen molar-refractivity contribution in [3.05, 3.63) is 24.3 Å². The Morgan fingerprint density at radius 3 is 3.00 bits per heavy atom. The number of nitrogens with zero attached hydrogens (tertiary/aromatic N) is 1. The Balaban J connectivity index is 2.45. The van der Waals surface area contributed by atoms with E-state index in [9.17, 15) is 4.79 Å². The van der Waals surface area contributed by atoms with Gasteiger partial charge in [0.1, 0.15) is 6.04 Å². The number of fused-ring (bicyclic) bond motifs is 1. The van der Waals surface area contributed by atoms with Gasteiger partial charge < -0.3 is 16.0 Å². The minimum absolute atomic E-state index is 0.0533. The summed E-state index contributed by atoms with van der Waals surface area (Å²) in [7, 11) is 1.74. The molecule has 4 heteroatoms. The van der Waals surface area contributed by atoms with Crippen molar-refractivity contribution >= 4 is 17.3 Å². The second-order valence-electron chi connectivity index (χ2n) is 3.40. The normalized spacial score (nSPS) is 21.1. The van der Waals surface area contributed by atoms with Crippen LogP contribution in [0.15, 0.2) is 24.3 Å². The summed E-state index contributed by atoms with van der Waals surface area (Å²) in [6, 6.07) is 7.21. The summed E-state index contributed by atoms with van der Waals surface area (Å²) in [5.74, 6) is -0.0533. The third kappa shape index (κ3) is 1.33. The van der Waals surface area contributed by atoms with Crippen LogP contribution in [0.2, 0.25) is 0 Å². The fourth-order valence-corrected chi connectivity index (χ4v) is 1.59. The second kappa shape index (κ2) is 3.31. The van der Waals surface area contributed by atoms with Crippen LogP contribution in [0.3, 0.4) is 0 Å². The maximum atomic E-state index is 11.7. The number of anilines is 2. The van der Waals surface area contributed by atoms with E-state index in [2.05, 4.69) is 5.32 Å². The van der Waals surface area contributed by atoms with Crippen LogP contribution in [0.25, 0.3) is 0 Å². The van der Waals surface area contributed by atoms with E-state index >= 15 is 0 Å². The van der Waals surface area contributed by atoms with Crippen molar-refractivity contribution in [2.24, 2.45) is 5.73 Å². The lowest BCUT2D eigenvalue weighted by Crippen LogP contribution is -2.43. The van der Waals surface area contributed by atoms with Gasteiger partial charge in [0.2, 0.25) is 5.91 Å². The number of amides is 1. The standard InChI is InChI=1S/C10H13N3O/c1-13-9-5-3-2-4-8(9)12-6-7(11)10(13)14/h2-5,7,12H,6,11H2,1H3. The molecule has 0 fully saturated rings. The lowest BCUT2D eigenvalue weighted by molar-refractivity contribution is -0.119. The smallest absolute Gasteiger partial charge is 0.245 e. The number of rotatable bonds is 0. The Hall–Kier alpha value is -1.55. The molecular formula is C10H13N3O. The molecule has 1 atom stereocenters. The molecule has 0 aromatic heterocycles. The molecule has 1 aliphatic heterocycles. The minimum Gasteiger partial charge on any atom is -0.381 e. The lowest BCUT2D eigenvalue weighted by Gasteiger charge is -2.18.